The van der Waals surface area contributed by atoms with Crippen molar-refractivity contribution in [3.8, 4) is 0 Å². The number of nitrogens with zero attached hydrogens (tertiary/aromatic N) is 3. The van der Waals surface area contributed by atoms with Crippen LogP contribution in [0, 0.1) is 0 Å². The first-order chi connectivity index (χ1) is 10.0. The molecular weight excluding hydrogens is 341 g/mol. The normalized spacial score (nSPS) is 29.1. The number of aliphatic hydroxyl groups is 3. The van der Waals surface area contributed by atoms with Crippen molar-refractivity contribution >= 4 is 32.4 Å². The quantitative estimate of drug-likeness (QED) is 0.482. The van der Waals surface area contributed by atoms with Crippen molar-refractivity contribution in [1.82, 2.24) is 14.5 Å². The molecule has 1 fully saturated rings. The van der Waals surface area contributed by atoms with Gasteiger partial charge >= 0.3 is 127 Å². The molecule has 112 valence electrons. The van der Waals surface area contributed by atoms with E-state index < -0.39 is 31.1 Å². The number of pyridine rings is 1. The van der Waals surface area contributed by atoms with Crippen molar-refractivity contribution in [2.24, 2.45) is 0 Å². The van der Waals surface area contributed by atoms with Crippen LogP contribution in [0.2, 0.25) is 0 Å². The van der Waals surface area contributed by atoms with Crippen molar-refractivity contribution < 1.29 is 20.1 Å². The van der Waals surface area contributed by atoms with Crippen molar-refractivity contribution in [2.45, 2.75) is 24.5 Å². The van der Waals surface area contributed by atoms with E-state index in [1.165, 1.54) is 40.0 Å². The van der Waals surface area contributed by atoms with E-state index in [2.05, 4.69) is 9.97 Å². The van der Waals surface area contributed by atoms with Crippen LogP contribution in [0.3, 0.4) is 0 Å². The summed E-state index contributed by atoms with van der Waals surface area (Å²) < 4.78 is 7.52. The third-order valence-corrected chi connectivity index (χ3v) is 4.44. The summed E-state index contributed by atoms with van der Waals surface area (Å²) in [5.41, 5.74) is 0.111. The average Bonchev–Trinajstić information content (AvgIpc) is 2.76. The molecule has 0 bridgehead atoms. The monoisotopic (exact) mass is 355 g/mol. The third kappa shape index (κ3) is 2.29. The summed E-state index contributed by atoms with van der Waals surface area (Å²) in [5, 5.41) is 29.4. The van der Waals surface area contributed by atoms with Gasteiger partial charge in [-0.05, 0) is 0 Å². The van der Waals surface area contributed by atoms with Gasteiger partial charge in [0.2, 0.25) is 0 Å². The summed E-state index contributed by atoms with van der Waals surface area (Å²) in [5.74, 6) is 0. The van der Waals surface area contributed by atoms with Crippen LogP contribution in [0.5, 0.6) is 0 Å². The number of ether oxygens (including phenoxy) is 1. The number of hydrogen-bond donors (Lipinski definition) is 3. The minimum absolute atomic E-state index is 0.215. The first-order valence-corrected chi connectivity index (χ1v) is 7.49. The van der Waals surface area contributed by atoms with E-state index >= 15 is 0 Å². The summed E-state index contributed by atoms with van der Waals surface area (Å²) in [7, 11) is 0. The van der Waals surface area contributed by atoms with Crippen LogP contribution in [-0.4, -0.2) is 71.6 Å². The van der Waals surface area contributed by atoms with Crippen LogP contribution in [-0.2, 0) is 4.74 Å². The molecule has 0 spiro atoms. The number of aliphatic hydroxyl groups excluding tert-OH is 3. The fraction of sp³-hybridized carbons (Fsp3) is 0.417. The van der Waals surface area contributed by atoms with Gasteiger partial charge in [-0.2, -0.15) is 0 Å². The molecule has 3 rings (SSSR count). The molecule has 3 heterocycles. The molecule has 2 aromatic rings. The predicted molar refractivity (Wildman–Crippen MR) is 75.0 cm³/mol. The number of fused-ring (bicyclic) bond motifs is 1. The van der Waals surface area contributed by atoms with E-state index in [0.29, 0.717) is 15.5 Å². The van der Waals surface area contributed by atoms with Crippen LogP contribution in [0.25, 0.3) is 11.0 Å². The van der Waals surface area contributed by atoms with Gasteiger partial charge in [-0.15, -0.1) is 0 Å². The molecule has 0 saturated carbocycles. The van der Waals surface area contributed by atoms with E-state index in [-0.39, 0.29) is 5.43 Å². The molecule has 0 aliphatic carbocycles. The zero-order valence-electron chi connectivity index (χ0n) is 10.8. The van der Waals surface area contributed by atoms with Gasteiger partial charge in [0.1, 0.15) is 0 Å². The van der Waals surface area contributed by atoms with Gasteiger partial charge in [-0.25, -0.2) is 0 Å². The Morgan fingerprint density at radius 3 is 2.76 bits per heavy atom. The van der Waals surface area contributed by atoms with Crippen molar-refractivity contribution in [3.63, 3.8) is 0 Å². The first kappa shape index (κ1) is 14.6. The van der Waals surface area contributed by atoms with Crippen LogP contribution in [0.4, 0.5) is 0 Å². The number of hydrogen-bond acceptors (Lipinski definition) is 7. The summed E-state index contributed by atoms with van der Waals surface area (Å²) >= 11 is 1.19. The second-order valence-corrected chi connectivity index (χ2v) is 5.92. The molecular formula is C12H14AsN3O5. The second kappa shape index (κ2) is 5.47. The van der Waals surface area contributed by atoms with Gasteiger partial charge in [0.05, 0.1) is 0 Å². The standard InChI is InChI=1S/C12H14AsN3O5/c13-10-7-5(18)1-2-16(11(7)15-4-14-10)12-9(20)8(19)6(3-17)21-12/h1-2,4,6,8-9,12,17,19-20H,3,13H2/t6-,8-,9-,12-/m1/s1. The molecule has 8 nitrogen and oxygen atoms in total. The van der Waals surface area contributed by atoms with Gasteiger partial charge < -0.3 is 0 Å². The van der Waals surface area contributed by atoms with Gasteiger partial charge in [-0.1, -0.05) is 0 Å². The molecule has 1 aliphatic rings. The molecule has 0 radical (unpaired) electrons. The van der Waals surface area contributed by atoms with Gasteiger partial charge in [0, 0.05) is 0 Å². The molecule has 2 aromatic heterocycles. The average molecular weight is 355 g/mol. The Kier molecular flexibility index (Phi) is 3.81. The summed E-state index contributed by atoms with van der Waals surface area (Å²) in [4.78, 5) is 20.1. The third-order valence-electron chi connectivity index (χ3n) is 3.53. The van der Waals surface area contributed by atoms with E-state index in [4.69, 9.17) is 9.84 Å². The summed E-state index contributed by atoms with van der Waals surface area (Å²) in [6.45, 7) is -0.413. The van der Waals surface area contributed by atoms with Crippen molar-refractivity contribution in [2.75, 3.05) is 6.61 Å². The Bertz CT molecular complexity index is 736. The van der Waals surface area contributed by atoms with E-state index in [1.54, 1.807) is 0 Å². The maximum atomic E-state index is 12.0. The first-order valence-electron chi connectivity index (χ1n) is 6.28. The zero-order valence-corrected chi connectivity index (χ0v) is 13.2. The SMILES string of the molecule is O=c1ccn([C@@H]2O[C@H](CO)[C@@H](O)[C@H]2O)c2ncnc([AsH2])c12. The van der Waals surface area contributed by atoms with Crippen LogP contribution in [0.15, 0.2) is 23.4 Å². The number of rotatable bonds is 2. The van der Waals surface area contributed by atoms with Crippen LogP contribution >= 0.6 is 0 Å². The Balaban J connectivity index is 2.16. The topological polar surface area (TPSA) is 118 Å². The maximum absolute atomic E-state index is 12.0. The van der Waals surface area contributed by atoms with Crippen molar-refractivity contribution in [3.05, 3.63) is 28.8 Å². The molecule has 3 N–H and O–H groups in total. The van der Waals surface area contributed by atoms with Gasteiger partial charge in [0.25, 0.3) is 0 Å². The fourth-order valence-corrected chi connectivity index (χ4v) is 3.15. The molecule has 9 heteroatoms. The second-order valence-electron chi connectivity index (χ2n) is 4.77. The van der Waals surface area contributed by atoms with Gasteiger partial charge in [-0.3, -0.25) is 0 Å². The Hall–Kier alpha value is -1.31. The predicted octanol–water partition coefficient (Wildman–Crippen LogP) is -3.34. The summed E-state index contributed by atoms with van der Waals surface area (Å²) in [6.07, 6.45) is -1.47. The molecule has 21 heavy (non-hydrogen) atoms. The molecule has 0 amide bonds. The van der Waals surface area contributed by atoms with Crippen LogP contribution < -0.4 is 9.91 Å². The molecule has 1 saturated heterocycles. The minimum atomic E-state index is -1.23. The molecule has 0 aromatic carbocycles. The fourth-order valence-electron chi connectivity index (χ4n) is 2.44. The Morgan fingerprint density at radius 1 is 1.33 bits per heavy atom. The molecule has 1 aliphatic heterocycles. The summed E-state index contributed by atoms with van der Waals surface area (Å²) in [6, 6.07) is 1.34. The Morgan fingerprint density at radius 2 is 2.10 bits per heavy atom. The molecule has 5 atom stereocenters. The van der Waals surface area contributed by atoms with E-state index in [9.17, 15) is 15.0 Å². The number of aromatic nitrogens is 3. The van der Waals surface area contributed by atoms with E-state index in [1.807, 2.05) is 0 Å². The zero-order chi connectivity index (χ0) is 15.1. The van der Waals surface area contributed by atoms with Gasteiger partial charge in [0.15, 0.2) is 0 Å². The van der Waals surface area contributed by atoms with Crippen molar-refractivity contribution in [1.29, 1.82) is 0 Å². The van der Waals surface area contributed by atoms with Crippen LogP contribution in [0.1, 0.15) is 6.23 Å². The molecule has 1 unspecified atom stereocenters. The Labute approximate surface area is 127 Å². The van der Waals surface area contributed by atoms with E-state index in [0.717, 1.165) is 0 Å².